The highest BCUT2D eigenvalue weighted by atomic mass is 16.2. The predicted molar refractivity (Wildman–Crippen MR) is 128 cm³/mol. The summed E-state index contributed by atoms with van der Waals surface area (Å²) in [6.45, 7) is 10.7. The zero-order chi connectivity index (χ0) is 21.7. The molecule has 1 saturated heterocycles. The average Bonchev–Trinajstić information content (AvgIpc) is 3.23. The number of benzene rings is 2. The van der Waals surface area contributed by atoms with Crippen LogP contribution >= 0.6 is 0 Å². The second-order valence-corrected chi connectivity index (χ2v) is 10.1. The summed E-state index contributed by atoms with van der Waals surface area (Å²) in [7, 11) is 0. The summed E-state index contributed by atoms with van der Waals surface area (Å²) < 4.78 is 0. The summed E-state index contributed by atoms with van der Waals surface area (Å²) >= 11 is 0. The number of anilines is 1. The number of hydrogen-bond acceptors (Lipinski definition) is 2. The quantitative estimate of drug-likeness (QED) is 0.584. The van der Waals surface area contributed by atoms with Gasteiger partial charge in [0.25, 0.3) is 5.91 Å². The highest BCUT2D eigenvalue weighted by Gasteiger charge is 2.39. The Bertz CT molecular complexity index is 1020. The van der Waals surface area contributed by atoms with Crippen molar-refractivity contribution in [3.05, 3.63) is 75.9 Å². The molecule has 0 radical (unpaired) electrons. The lowest BCUT2D eigenvalue weighted by Gasteiger charge is -2.39. The summed E-state index contributed by atoms with van der Waals surface area (Å²) in [5, 5.41) is 3.87. The van der Waals surface area contributed by atoms with Gasteiger partial charge in [0.2, 0.25) is 0 Å². The molecule has 0 bridgehead atoms. The van der Waals surface area contributed by atoms with Crippen LogP contribution in [0.2, 0.25) is 0 Å². The van der Waals surface area contributed by atoms with Crippen LogP contribution in [0.4, 0.5) is 5.69 Å². The van der Waals surface area contributed by atoms with Gasteiger partial charge in [0.05, 0.1) is 6.04 Å². The third kappa shape index (κ3) is 3.58. The molecule has 2 aromatic carbocycles. The zero-order valence-corrected chi connectivity index (χ0v) is 19.2. The molecule has 0 saturated carbocycles. The largest absolute Gasteiger partial charge is 0.378 e. The molecule has 1 fully saturated rings. The topological polar surface area (TPSA) is 32.3 Å². The van der Waals surface area contributed by atoms with E-state index in [9.17, 15) is 4.79 Å². The zero-order valence-electron chi connectivity index (χ0n) is 19.2. The second-order valence-electron chi connectivity index (χ2n) is 10.1. The fourth-order valence-corrected chi connectivity index (χ4v) is 6.09. The minimum absolute atomic E-state index is 0.195. The molecule has 3 aliphatic rings. The standard InChI is InChI=1S/C28H34N2O/c1-17-10-12-30(13-11-17)28(31)21-8-9-25-24(16-21)22-6-5-7-23(22)27(29-25)26-19(3)14-18(2)15-20(26)4/h5-6,8-9,14-17,22-23,27,29H,7,10-13H2,1-4H3. The third-order valence-electron chi connectivity index (χ3n) is 7.73. The van der Waals surface area contributed by atoms with E-state index in [0.29, 0.717) is 17.9 Å². The van der Waals surface area contributed by atoms with Crippen molar-refractivity contribution in [2.24, 2.45) is 11.8 Å². The van der Waals surface area contributed by atoms with E-state index in [4.69, 9.17) is 0 Å². The first-order chi connectivity index (χ1) is 14.9. The highest BCUT2D eigenvalue weighted by molar-refractivity contribution is 5.95. The molecule has 3 heteroatoms. The number of carbonyl (C=O) groups is 1. The van der Waals surface area contributed by atoms with E-state index in [-0.39, 0.29) is 5.91 Å². The van der Waals surface area contributed by atoms with Gasteiger partial charge < -0.3 is 10.2 Å². The van der Waals surface area contributed by atoms with Crippen LogP contribution in [0.3, 0.4) is 0 Å². The first-order valence-corrected chi connectivity index (χ1v) is 11.9. The van der Waals surface area contributed by atoms with Crippen molar-refractivity contribution in [2.75, 3.05) is 18.4 Å². The maximum Gasteiger partial charge on any atom is 0.253 e. The van der Waals surface area contributed by atoms with Crippen molar-refractivity contribution < 1.29 is 4.79 Å². The summed E-state index contributed by atoms with van der Waals surface area (Å²) in [5.74, 6) is 1.79. The molecule has 1 aliphatic carbocycles. The summed E-state index contributed by atoms with van der Waals surface area (Å²) in [5.41, 5.74) is 8.82. The van der Waals surface area contributed by atoms with Crippen LogP contribution in [-0.2, 0) is 0 Å². The van der Waals surface area contributed by atoms with Gasteiger partial charge in [-0.15, -0.1) is 0 Å². The Hall–Kier alpha value is -2.55. The van der Waals surface area contributed by atoms with Crippen molar-refractivity contribution >= 4 is 11.6 Å². The van der Waals surface area contributed by atoms with Gasteiger partial charge in [-0.05, 0) is 92.3 Å². The van der Waals surface area contributed by atoms with E-state index >= 15 is 0 Å². The van der Waals surface area contributed by atoms with Crippen molar-refractivity contribution in [1.29, 1.82) is 0 Å². The molecule has 2 aromatic rings. The molecule has 3 atom stereocenters. The van der Waals surface area contributed by atoms with E-state index in [2.05, 4.69) is 69.4 Å². The van der Waals surface area contributed by atoms with Gasteiger partial charge in [-0.3, -0.25) is 4.79 Å². The first kappa shape index (κ1) is 20.4. The molecule has 3 unspecified atom stereocenters. The number of fused-ring (bicyclic) bond motifs is 3. The molecule has 0 spiro atoms. The number of allylic oxidation sites excluding steroid dienone is 2. The fourth-order valence-electron chi connectivity index (χ4n) is 6.09. The lowest BCUT2D eigenvalue weighted by atomic mass is 9.74. The van der Waals surface area contributed by atoms with E-state index in [1.807, 2.05) is 11.0 Å². The molecule has 5 rings (SSSR count). The third-order valence-corrected chi connectivity index (χ3v) is 7.73. The number of carbonyl (C=O) groups excluding carboxylic acids is 1. The Morgan fingerprint density at radius 2 is 1.74 bits per heavy atom. The maximum atomic E-state index is 13.2. The van der Waals surface area contributed by atoms with Gasteiger partial charge in [-0.1, -0.05) is 36.8 Å². The lowest BCUT2D eigenvalue weighted by molar-refractivity contribution is 0.0697. The number of nitrogens with one attached hydrogen (secondary N) is 1. The summed E-state index contributed by atoms with van der Waals surface area (Å²) in [4.78, 5) is 15.2. The molecule has 1 N–H and O–H groups in total. The Labute approximate surface area is 186 Å². The predicted octanol–water partition coefficient (Wildman–Crippen LogP) is 6.31. The van der Waals surface area contributed by atoms with Crippen LogP contribution in [0, 0.1) is 32.6 Å². The van der Waals surface area contributed by atoms with Crippen LogP contribution in [0.5, 0.6) is 0 Å². The minimum Gasteiger partial charge on any atom is -0.378 e. The molecule has 3 nitrogen and oxygen atoms in total. The van der Waals surface area contributed by atoms with Gasteiger partial charge in [0.1, 0.15) is 0 Å². The van der Waals surface area contributed by atoms with Gasteiger partial charge >= 0.3 is 0 Å². The molecular formula is C28H34N2O. The molecule has 2 aliphatic heterocycles. The van der Waals surface area contributed by atoms with E-state index in [0.717, 1.165) is 43.8 Å². The number of amides is 1. The Kier molecular flexibility index (Phi) is 5.16. The Morgan fingerprint density at radius 3 is 2.45 bits per heavy atom. The number of piperidine rings is 1. The molecule has 1 amide bonds. The lowest BCUT2D eigenvalue weighted by Crippen LogP contribution is -2.38. The molecule has 2 heterocycles. The summed E-state index contributed by atoms with van der Waals surface area (Å²) in [6, 6.07) is 11.2. The highest BCUT2D eigenvalue weighted by Crippen LogP contribution is 2.51. The van der Waals surface area contributed by atoms with Crippen LogP contribution in [0.15, 0.2) is 42.5 Å². The van der Waals surface area contributed by atoms with Crippen LogP contribution in [0.25, 0.3) is 0 Å². The molecule has 0 aromatic heterocycles. The normalized spacial score (nSPS) is 25.2. The number of hydrogen-bond donors (Lipinski definition) is 1. The van der Waals surface area contributed by atoms with Crippen molar-refractivity contribution in [3.8, 4) is 0 Å². The van der Waals surface area contributed by atoms with Gasteiger partial charge in [-0.25, -0.2) is 0 Å². The molecule has 162 valence electrons. The van der Waals surface area contributed by atoms with E-state index in [1.165, 1.54) is 33.5 Å². The van der Waals surface area contributed by atoms with Crippen LogP contribution in [0.1, 0.15) is 76.3 Å². The smallest absolute Gasteiger partial charge is 0.253 e. The van der Waals surface area contributed by atoms with E-state index in [1.54, 1.807) is 0 Å². The minimum atomic E-state index is 0.195. The first-order valence-electron chi connectivity index (χ1n) is 11.9. The van der Waals surface area contributed by atoms with Gasteiger partial charge in [0, 0.05) is 30.3 Å². The SMILES string of the molecule is Cc1cc(C)c(C2Nc3ccc(C(=O)N4CCC(C)CC4)cc3C3C=CCC32)c(C)c1. The summed E-state index contributed by atoms with van der Waals surface area (Å²) in [6.07, 6.45) is 8.01. The van der Waals surface area contributed by atoms with Crippen LogP contribution < -0.4 is 5.32 Å². The van der Waals surface area contributed by atoms with Crippen molar-refractivity contribution in [2.45, 2.75) is 58.9 Å². The fraction of sp³-hybridized carbons (Fsp3) is 0.464. The monoisotopic (exact) mass is 414 g/mol. The number of aryl methyl sites for hydroxylation is 3. The van der Waals surface area contributed by atoms with E-state index < -0.39 is 0 Å². The van der Waals surface area contributed by atoms with Crippen LogP contribution in [-0.4, -0.2) is 23.9 Å². The van der Waals surface area contributed by atoms with Gasteiger partial charge in [-0.2, -0.15) is 0 Å². The maximum absolute atomic E-state index is 13.2. The number of likely N-dealkylation sites (tertiary alicyclic amines) is 1. The Morgan fingerprint density at radius 1 is 1.03 bits per heavy atom. The van der Waals surface area contributed by atoms with Crippen molar-refractivity contribution in [3.63, 3.8) is 0 Å². The number of rotatable bonds is 2. The van der Waals surface area contributed by atoms with Crippen molar-refractivity contribution in [1.82, 2.24) is 4.90 Å². The molecule has 31 heavy (non-hydrogen) atoms. The number of nitrogens with zero attached hydrogens (tertiary/aromatic N) is 1. The second kappa shape index (κ2) is 7.85. The Balaban J connectivity index is 1.48. The molecular weight excluding hydrogens is 380 g/mol. The van der Waals surface area contributed by atoms with Gasteiger partial charge in [0.15, 0.2) is 0 Å². The average molecular weight is 415 g/mol.